The quantitative estimate of drug-likeness (QED) is 0.484. The molecule has 1 fully saturated rings. The van der Waals surface area contributed by atoms with E-state index in [4.69, 9.17) is 14.2 Å². The summed E-state index contributed by atoms with van der Waals surface area (Å²) < 4.78 is 16.5. The Morgan fingerprint density at radius 1 is 1.17 bits per heavy atom. The van der Waals surface area contributed by atoms with Crippen LogP contribution < -0.4 is 9.47 Å². The van der Waals surface area contributed by atoms with Crippen LogP contribution in [0.1, 0.15) is 44.7 Å². The zero-order chi connectivity index (χ0) is 25.6. The summed E-state index contributed by atoms with van der Waals surface area (Å²) in [6.07, 6.45) is -1.57. The van der Waals surface area contributed by atoms with Crippen molar-refractivity contribution in [3.05, 3.63) is 59.7 Å². The molecule has 1 N–H and O–H groups in total. The third-order valence-corrected chi connectivity index (χ3v) is 6.58. The second-order valence-electron chi connectivity index (χ2n) is 9.07. The Hall–Kier alpha value is -3.50. The van der Waals surface area contributed by atoms with Crippen molar-refractivity contribution in [1.82, 2.24) is 4.90 Å². The molecule has 1 amide bonds. The first-order valence-corrected chi connectivity index (χ1v) is 11.6. The predicted octanol–water partition coefficient (Wildman–Crippen LogP) is 3.39. The van der Waals surface area contributed by atoms with Crippen molar-refractivity contribution in [2.45, 2.75) is 45.8 Å². The van der Waals surface area contributed by atoms with Gasteiger partial charge in [-0.25, -0.2) is 0 Å². The molecule has 3 unspecified atom stereocenters. The van der Waals surface area contributed by atoms with Crippen LogP contribution in [0.4, 0.5) is 0 Å². The lowest BCUT2D eigenvalue weighted by atomic mass is 9.72. The van der Waals surface area contributed by atoms with Gasteiger partial charge < -0.3 is 24.2 Å². The number of benzene rings is 2. The summed E-state index contributed by atoms with van der Waals surface area (Å²) in [6, 6.07) is 15.3. The predicted molar refractivity (Wildman–Crippen MR) is 132 cm³/mol. The fraction of sp³-hybridized carbons (Fsp3) is 0.429. The van der Waals surface area contributed by atoms with Gasteiger partial charge in [0.05, 0.1) is 13.2 Å². The van der Waals surface area contributed by atoms with E-state index in [0.29, 0.717) is 24.6 Å². The van der Waals surface area contributed by atoms with Crippen LogP contribution in [0.15, 0.2) is 48.5 Å². The van der Waals surface area contributed by atoms with Gasteiger partial charge >= 0.3 is 5.97 Å². The molecule has 35 heavy (non-hydrogen) atoms. The van der Waals surface area contributed by atoms with Crippen LogP contribution in [-0.4, -0.2) is 60.9 Å². The Balaban J connectivity index is 1.83. The lowest BCUT2D eigenvalue weighted by Gasteiger charge is -2.34. The molecule has 0 saturated carbocycles. The minimum Gasteiger partial charge on any atom is -0.493 e. The number of rotatable bonds is 7. The Kier molecular flexibility index (Phi) is 8.42. The van der Waals surface area contributed by atoms with Crippen molar-refractivity contribution in [2.24, 2.45) is 5.41 Å². The lowest BCUT2D eigenvalue weighted by molar-refractivity contribution is -0.157. The molecule has 0 aromatic heterocycles. The van der Waals surface area contributed by atoms with Gasteiger partial charge in [-0.1, -0.05) is 43.0 Å². The van der Waals surface area contributed by atoms with Crippen molar-refractivity contribution >= 4 is 11.9 Å². The minimum atomic E-state index is -0.887. The summed E-state index contributed by atoms with van der Waals surface area (Å²) in [5, 5.41) is 10.7. The highest BCUT2D eigenvalue weighted by Gasteiger charge is 2.49. The summed E-state index contributed by atoms with van der Waals surface area (Å²) in [7, 11) is 1.57. The van der Waals surface area contributed by atoms with E-state index in [-0.39, 0.29) is 18.4 Å². The summed E-state index contributed by atoms with van der Waals surface area (Å²) >= 11 is 0. The molecule has 3 rings (SSSR count). The number of carbonyl (C=O) groups is 2. The Morgan fingerprint density at radius 3 is 2.51 bits per heavy atom. The third kappa shape index (κ3) is 6.14. The minimum absolute atomic E-state index is 0.167. The van der Waals surface area contributed by atoms with Gasteiger partial charge in [0.15, 0.2) is 17.6 Å². The summed E-state index contributed by atoms with van der Waals surface area (Å²) in [5.41, 5.74) is 1.21. The number of aliphatic hydroxyl groups excluding tert-OH is 1. The highest BCUT2D eigenvalue weighted by atomic mass is 16.5. The van der Waals surface area contributed by atoms with Gasteiger partial charge in [0.1, 0.15) is 6.61 Å². The second kappa shape index (κ2) is 11.3. The molecule has 2 aromatic rings. The average Bonchev–Trinajstić information content (AvgIpc) is 3.20. The van der Waals surface area contributed by atoms with Crippen LogP contribution in [0.3, 0.4) is 0 Å². The highest BCUT2D eigenvalue weighted by molar-refractivity contribution is 5.83. The van der Waals surface area contributed by atoms with Crippen molar-refractivity contribution in [2.75, 3.05) is 26.8 Å². The van der Waals surface area contributed by atoms with E-state index in [1.54, 1.807) is 25.9 Å². The SMILES string of the molecule is COc1ccc(C2CN(C(=O)[C@H](C)OC(C)=O)CC2(C)C(C)O)cc1OCC#Cc1ccccc1. The summed E-state index contributed by atoms with van der Waals surface area (Å²) in [5.74, 6) is 6.23. The molecule has 2 aromatic carbocycles. The monoisotopic (exact) mass is 479 g/mol. The molecule has 1 aliphatic rings. The molecular weight excluding hydrogens is 446 g/mol. The number of methoxy groups -OCH3 is 1. The van der Waals surface area contributed by atoms with E-state index in [1.807, 2.05) is 55.5 Å². The smallest absolute Gasteiger partial charge is 0.303 e. The van der Waals surface area contributed by atoms with Crippen molar-refractivity contribution in [1.29, 1.82) is 0 Å². The first-order valence-electron chi connectivity index (χ1n) is 11.6. The Bertz CT molecular complexity index is 1100. The number of hydrogen-bond donors (Lipinski definition) is 1. The molecule has 0 aliphatic carbocycles. The molecule has 1 aliphatic heterocycles. The molecule has 1 saturated heterocycles. The molecule has 0 bridgehead atoms. The van der Waals surface area contributed by atoms with E-state index in [1.165, 1.54) is 6.92 Å². The van der Waals surface area contributed by atoms with Gasteiger partial charge in [-0.3, -0.25) is 9.59 Å². The highest BCUT2D eigenvalue weighted by Crippen LogP contribution is 2.47. The standard InChI is InChI=1S/C28H33NO6/c1-19(35-21(3)31)27(32)29-17-24(28(4,18-29)20(2)30)23-13-14-25(33-5)26(16-23)34-15-9-12-22-10-7-6-8-11-22/h6-8,10-11,13-14,16,19-20,24,30H,15,17-18H2,1-5H3/t19-,20?,24?,28?/m0/s1. The number of amides is 1. The molecular formula is C28H33NO6. The van der Waals surface area contributed by atoms with Gasteiger partial charge in [0.2, 0.25) is 0 Å². The van der Waals surface area contributed by atoms with Crippen LogP contribution in [0, 0.1) is 17.3 Å². The fourth-order valence-corrected chi connectivity index (χ4v) is 4.44. The molecule has 4 atom stereocenters. The molecule has 7 nitrogen and oxygen atoms in total. The van der Waals surface area contributed by atoms with Crippen molar-refractivity contribution in [3.8, 4) is 23.3 Å². The summed E-state index contributed by atoms with van der Waals surface area (Å²) in [4.78, 5) is 25.9. The van der Waals surface area contributed by atoms with Crippen LogP contribution in [0.2, 0.25) is 0 Å². The first-order chi connectivity index (χ1) is 16.7. The summed E-state index contributed by atoms with van der Waals surface area (Å²) in [6.45, 7) is 7.43. The number of aliphatic hydroxyl groups is 1. The van der Waals surface area contributed by atoms with Gasteiger partial charge in [-0.2, -0.15) is 0 Å². The number of nitrogens with zero attached hydrogens (tertiary/aromatic N) is 1. The maximum absolute atomic E-state index is 12.9. The zero-order valence-corrected chi connectivity index (χ0v) is 20.9. The fourth-order valence-electron chi connectivity index (χ4n) is 4.44. The third-order valence-electron chi connectivity index (χ3n) is 6.58. The van der Waals surface area contributed by atoms with E-state index < -0.39 is 23.6 Å². The maximum atomic E-state index is 12.9. The molecule has 0 spiro atoms. The largest absolute Gasteiger partial charge is 0.493 e. The lowest BCUT2D eigenvalue weighted by Crippen LogP contribution is -2.41. The van der Waals surface area contributed by atoms with Crippen LogP contribution in [0.25, 0.3) is 0 Å². The van der Waals surface area contributed by atoms with E-state index >= 15 is 0 Å². The van der Waals surface area contributed by atoms with E-state index in [0.717, 1.165) is 11.1 Å². The number of esters is 1. The van der Waals surface area contributed by atoms with Crippen LogP contribution >= 0.6 is 0 Å². The Morgan fingerprint density at radius 2 is 1.89 bits per heavy atom. The molecule has 1 heterocycles. The van der Waals surface area contributed by atoms with Crippen molar-refractivity contribution in [3.63, 3.8) is 0 Å². The first kappa shape index (κ1) is 26.1. The molecule has 186 valence electrons. The number of ether oxygens (including phenoxy) is 3. The average molecular weight is 480 g/mol. The normalized spacial score (nSPS) is 20.9. The number of hydrogen-bond acceptors (Lipinski definition) is 6. The molecule has 7 heteroatoms. The number of likely N-dealkylation sites (tertiary alicyclic amines) is 1. The zero-order valence-electron chi connectivity index (χ0n) is 20.9. The number of carbonyl (C=O) groups excluding carboxylic acids is 2. The molecule has 0 radical (unpaired) electrons. The maximum Gasteiger partial charge on any atom is 0.303 e. The second-order valence-corrected chi connectivity index (χ2v) is 9.07. The van der Waals surface area contributed by atoms with Crippen LogP contribution in [-0.2, 0) is 14.3 Å². The van der Waals surface area contributed by atoms with Crippen LogP contribution in [0.5, 0.6) is 11.5 Å². The topological polar surface area (TPSA) is 85.3 Å². The van der Waals surface area contributed by atoms with E-state index in [9.17, 15) is 14.7 Å². The van der Waals surface area contributed by atoms with Gasteiger partial charge in [0, 0.05) is 36.9 Å². The van der Waals surface area contributed by atoms with E-state index in [2.05, 4.69) is 11.8 Å². The van der Waals surface area contributed by atoms with Gasteiger partial charge in [-0.05, 0) is 43.7 Å². The Labute approximate surface area is 207 Å². The van der Waals surface area contributed by atoms with Gasteiger partial charge in [-0.15, -0.1) is 0 Å². The van der Waals surface area contributed by atoms with Gasteiger partial charge in [0.25, 0.3) is 5.91 Å². The van der Waals surface area contributed by atoms with Crippen molar-refractivity contribution < 1.29 is 28.9 Å².